The molecule has 1 saturated carbocycles. The summed E-state index contributed by atoms with van der Waals surface area (Å²) in [5.74, 6) is -0.683. The molecule has 2 fully saturated rings. The molecule has 34 heavy (non-hydrogen) atoms. The summed E-state index contributed by atoms with van der Waals surface area (Å²) >= 11 is 0. The van der Waals surface area contributed by atoms with Gasteiger partial charge in [0.1, 0.15) is 11.6 Å². The maximum atomic E-state index is 14.5. The van der Waals surface area contributed by atoms with Gasteiger partial charge in [-0.3, -0.25) is 4.79 Å². The first kappa shape index (κ1) is 21.1. The van der Waals surface area contributed by atoms with Crippen molar-refractivity contribution in [3.8, 4) is 11.3 Å². The van der Waals surface area contributed by atoms with Crippen molar-refractivity contribution in [1.29, 1.82) is 0 Å². The highest BCUT2D eigenvalue weighted by molar-refractivity contribution is 5.81. The molecule has 174 valence electrons. The summed E-state index contributed by atoms with van der Waals surface area (Å²) in [7, 11) is 0. The normalized spacial score (nSPS) is 24.8. The molecule has 2 aliphatic carbocycles. The highest BCUT2D eigenvalue weighted by Crippen LogP contribution is 2.69. The van der Waals surface area contributed by atoms with Crippen molar-refractivity contribution in [2.75, 3.05) is 24.5 Å². The molecule has 0 spiro atoms. The van der Waals surface area contributed by atoms with Crippen LogP contribution in [-0.2, 0) is 10.2 Å². The van der Waals surface area contributed by atoms with Crippen LogP contribution in [0.2, 0.25) is 0 Å². The second-order valence-electron chi connectivity index (χ2n) is 9.86. The van der Waals surface area contributed by atoms with E-state index in [1.807, 2.05) is 11.0 Å². The Morgan fingerprint density at radius 3 is 2.71 bits per heavy atom. The van der Waals surface area contributed by atoms with Crippen LogP contribution in [0.4, 0.5) is 14.7 Å². The predicted molar refractivity (Wildman–Crippen MR) is 121 cm³/mol. The zero-order valence-corrected chi connectivity index (χ0v) is 19.0. The molecule has 7 nitrogen and oxygen atoms in total. The second kappa shape index (κ2) is 7.25. The summed E-state index contributed by atoms with van der Waals surface area (Å²) in [5.41, 5.74) is 1.95. The van der Waals surface area contributed by atoms with E-state index in [2.05, 4.69) is 34.3 Å². The Balaban J connectivity index is 1.48. The Morgan fingerprint density at radius 1 is 1.15 bits per heavy atom. The van der Waals surface area contributed by atoms with Crippen molar-refractivity contribution in [2.24, 2.45) is 5.41 Å². The van der Waals surface area contributed by atoms with E-state index >= 15 is 0 Å². The molecule has 1 aliphatic heterocycles. The lowest BCUT2D eigenvalue weighted by molar-refractivity contribution is -0.120. The molecule has 3 heterocycles. The maximum Gasteiger partial charge on any atom is 0.239 e. The number of fused-ring (bicyclic) bond motifs is 5. The van der Waals surface area contributed by atoms with Gasteiger partial charge in [-0.25, -0.2) is 18.7 Å². The molecule has 3 aromatic rings. The van der Waals surface area contributed by atoms with Gasteiger partial charge in [0, 0.05) is 19.3 Å². The average Bonchev–Trinajstić information content (AvgIpc) is 3.20. The van der Waals surface area contributed by atoms with Crippen LogP contribution in [0, 0.1) is 17.0 Å². The van der Waals surface area contributed by atoms with Gasteiger partial charge in [0.15, 0.2) is 0 Å². The fraction of sp³-hybridized carbons (Fsp3) is 0.400. The molecule has 2 aromatic heterocycles. The number of piperazine rings is 1. The van der Waals surface area contributed by atoms with Crippen molar-refractivity contribution in [3.05, 3.63) is 65.1 Å². The fourth-order valence-corrected chi connectivity index (χ4v) is 6.30. The van der Waals surface area contributed by atoms with E-state index < -0.39 is 17.0 Å². The summed E-state index contributed by atoms with van der Waals surface area (Å²) < 4.78 is 28.9. The van der Waals surface area contributed by atoms with Crippen molar-refractivity contribution in [1.82, 2.24) is 25.5 Å². The smallest absolute Gasteiger partial charge is 0.239 e. The topological polar surface area (TPSA) is 83.9 Å². The Labute approximate surface area is 195 Å². The van der Waals surface area contributed by atoms with Gasteiger partial charge >= 0.3 is 0 Å². The van der Waals surface area contributed by atoms with E-state index in [0.29, 0.717) is 19.0 Å². The molecule has 1 amide bonds. The number of carbonyl (C=O) groups is 1. The Hall–Kier alpha value is -3.49. The number of hydrogen-bond acceptors (Lipinski definition) is 6. The first-order chi connectivity index (χ1) is 16.3. The van der Waals surface area contributed by atoms with Crippen molar-refractivity contribution < 1.29 is 13.6 Å². The minimum Gasteiger partial charge on any atom is -0.353 e. The van der Waals surface area contributed by atoms with Crippen LogP contribution >= 0.6 is 0 Å². The molecule has 1 aromatic carbocycles. The zero-order chi connectivity index (χ0) is 23.7. The van der Waals surface area contributed by atoms with Crippen LogP contribution in [0.5, 0.6) is 0 Å². The third-order valence-corrected chi connectivity index (χ3v) is 8.00. The van der Waals surface area contributed by atoms with E-state index in [4.69, 9.17) is 4.98 Å². The average molecular weight is 463 g/mol. The van der Waals surface area contributed by atoms with Gasteiger partial charge < -0.3 is 10.2 Å². The number of rotatable bonds is 3. The van der Waals surface area contributed by atoms with Gasteiger partial charge in [0.2, 0.25) is 11.9 Å². The van der Waals surface area contributed by atoms with Gasteiger partial charge in [-0.2, -0.15) is 5.10 Å². The monoisotopic (exact) mass is 462 g/mol. The largest absolute Gasteiger partial charge is 0.353 e. The molecule has 2 atom stereocenters. The number of nitrogens with zero attached hydrogens (tertiary/aromatic N) is 5. The molecule has 6 rings (SSSR count). The molecule has 1 unspecified atom stereocenters. The number of halogens is 2. The molecule has 1 N–H and O–H groups in total. The number of carbonyl (C=O) groups excluding carboxylic acids is 1. The highest BCUT2D eigenvalue weighted by Gasteiger charge is 2.65. The summed E-state index contributed by atoms with van der Waals surface area (Å²) in [5, 5.41) is 11.7. The molecule has 9 heteroatoms. The summed E-state index contributed by atoms with van der Waals surface area (Å²) in [6, 6.07) is 7.52. The number of hydrogen-bond donors (Lipinski definition) is 1. The Kier molecular flexibility index (Phi) is 4.49. The van der Waals surface area contributed by atoms with E-state index in [0.717, 1.165) is 29.8 Å². The SMILES string of the molecule is CC1(C)[C@H]2CCC1(c1ccnc(N3CCNC(=O)C3)n1)c1nnc(-c3c(F)cccc3F)cc12. The molecule has 2 bridgehead atoms. The number of benzene rings is 1. The standard InChI is InChI=1S/C25H24F2N6O/c1-24(2)15-6-8-25(24,19-7-9-29-23(30-19)33-11-10-28-20(34)13-33)22-14(15)12-18(31-32-22)21-16(26)4-3-5-17(21)27/h3-5,7,9,12,15H,6,8,10-11,13H2,1-2H3,(H,28,34)/t15-,25?/m0/s1. The lowest BCUT2D eigenvalue weighted by atomic mass is 9.66. The van der Waals surface area contributed by atoms with E-state index in [1.165, 1.54) is 18.2 Å². The van der Waals surface area contributed by atoms with Crippen molar-refractivity contribution in [2.45, 2.75) is 38.0 Å². The second-order valence-corrected chi connectivity index (χ2v) is 9.86. The lowest BCUT2D eigenvalue weighted by Crippen LogP contribution is -2.48. The Bertz CT molecular complexity index is 1310. The minimum atomic E-state index is -0.655. The molecule has 0 radical (unpaired) electrons. The van der Waals surface area contributed by atoms with Crippen LogP contribution in [0.15, 0.2) is 36.5 Å². The van der Waals surface area contributed by atoms with Gasteiger partial charge in [0.25, 0.3) is 0 Å². The quantitative estimate of drug-likeness (QED) is 0.643. The summed E-state index contributed by atoms with van der Waals surface area (Å²) in [6.07, 6.45) is 3.49. The van der Waals surface area contributed by atoms with Crippen molar-refractivity contribution in [3.63, 3.8) is 0 Å². The van der Waals surface area contributed by atoms with Gasteiger partial charge in [0.05, 0.1) is 34.6 Å². The first-order valence-corrected chi connectivity index (χ1v) is 11.5. The first-order valence-electron chi connectivity index (χ1n) is 11.5. The van der Waals surface area contributed by atoms with E-state index in [1.54, 1.807) is 12.3 Å². The maximum absolute atomic E-state index is 14.5. The minimum absolute atomic E-state index is 0.0512. The van der Waals surface area contributed by atoms with Crippen LogP contribution < -0.4 is 10.2 Å². The zero-order valence-electron chi connectivity index (χ0n) is 19.0. The van der Waals surface area contributed by atoms with Crippen LogP contribution in [0.1, 0.15) is 49.6 Å². The highest BCUT2D eigenvalue weighted by atomic mass is 19.1. The van der Waals surface area contributed by atoms with E-state index in [-0.39, 0.29) is 35.0 Å². The molecule has 1 saturated heterocycles. The third kappa shape index (κ3) is 2.75. The van der Waals surface area contributed by atoms with Crippen LogP contribution in [0.3, 0.4) is 0 Å². The van der Waals surface area contributed by atoms with Crippen molar-refractivity contribution >= 4 is 11.9 Å². The van der Waals surface area contributed by atoms with Gasteiger partial charge in [-0.15, -0.1) is 5.10 Å². The number of nitrogens with one attached hydrogen (secondary N) is 1. The summed E-state index contributed by atoms with van der Waals surface area (Å²) in [6.45, 7) is 5.81. The van der Waals surface area contributed by atoms with Crippen LogP contribution in [0.25, 0.3) is 11.3 Å². The number of aromatic nitrogens is 4. The third-order valence-electron chi connectivity index (χ3n) is 8.00. The Morgan fingerprint density at radius 2 is 1.94 bits per heavy atom. The van der Waals surface area contributed by atoms with Gasteiger partial charge in [-0.1, -0.05) is 19.9 Å². The van der Waals surface area contributed by atoms with E-state index in [9.17, 15) is 13.6 Å². The summed E-state index contributed by atoms with van der Waals surface area (Å²) in [4.78, 5) is 23.1. The van der Waals surface area contributed by atoms with Crippen LogP contribution in [-0.4, -0.2) is 45.7 Å². The molecular weight excluding hydrogens is 438 g/mol. The fourth-order valence-electron chi connectivity index (χ4n) is 6.30. The van der Waals surface area contributed by atoms with Gasteiger partial charge in [-0.05, 0) is 54.0 Å². The number of amides is 1. The lowest BCUT2D eigenvalue weighted by Gasteiger charge is -2.38. The molecular formula is C25H24F2N6O. The predicted octanol–water partition coefficient (Wildman–Crippen LogP) is 3.35. The number of anilines is 1. The molecule has 3 aliphatic rings.